The molecular weight excluding hydrogens is 338 g/mol. The van der Waals surface area contributed by atoms with Crippen LogP contribution in [0.3, 0.4) is 0 Å². The lowest BCUT2D eigenvalue weighted by Crippen LogP contribution is -2.52. The maximum atomic E-state index is 12.9. The smallest absolute Gasteiger partial charge is 0.243 e. The van der Waals surface area contributed by atoms with E-state index in [4.69, 9.17) is 4.74 Å². The number of rotatable bonds is 4. The van der Waals surface area contributed by atoms with Gasteiger partial charge in [0.15, 0.2) is 0 Å². The zero-order valence-corrected chi connectivity index (χ0v) is 16.3. The molecule has 6 nitrogen and oxygen atoms in total. The monoisotopic (exact) mass is 367 g/mol. The average molecular weight is 368 g/mol. The summed E-state index contributed by atoms with van der Waals surface area (Å²) in [5.74, 6) is 0.619. The highest BCUT2D eigenvalue weighted by Gasteiger charge is 2.32. The summed E-state index contributed by atoms with van der Waals surface area (Å²) >= 11 is 0. The highest BCUT2D eigenvalue weighted by molar-refractivity contribution is 7.89. The third-order valence-electron chi connectivity index (χ3n) is 5.50. The van der Waals surface area contributed by atoms with Crippen molar-refractivity contribution < 1.29 is 13.2 Å². The Morgan fingerprint density at radius 3 is 2.28 bits per heavy atom. The minimum atomic E-state index is -3.45. The van der Waals surface area contributed by atoms with Gasteiger partial charge in [0, 0.05) is 51.4 Å². The Bertz CT molecular complexity index is 692. The fraction of sp³-hybridized carbons (Fsp3) is 0.667. The van der Waals surface area contributed by atoms with Crippen LogP contribution >= 0.6 is 0 Å². The number of nitrogens with zero attached hydrogens (tertiary/aromatic N) is 3. The second-order valence-electron chi connectivity index (χ2n) is 7.11. The Hall–Kier alpha value is -1.15. The van der Waals surface area contributed by atoms with Gasteiger partial charge in [-0.05, 0) is 38.4 Å². The molecule has 0 unspecified atom stereocenters. The molecule has 1 aromatic carbocycles. The van der Waals surface area contributed by atoms with Gasteiger partial charge in [0.05, 0.1) is 12.0 Å². The number of piperazine rings is 1. The van der Waals surface area contributed by atoms with Gasteiger partial charge >= 0.3 is 0 Å². The van der Waals surface area contributed by atoms with Crippen LogP contribution in [0, 0.1) is 6.92 Å². The molecule has 0 atom stereocenters. The third kappa shape index (κ3) is 4.00. The van der Waals surface area contributed by atoms with E-state index in [0.717, 1.165) is 44.6 Å². The summed E-state index contributed by atoms with van der Waals surface area (Å²) in [6.45, 7) is 7.47. The first-order valence-corrected chi connectivity index (χ1v) is 10.4. The summed E-state index contributed by atoms with van der Waals surface area (Å²) in [6, 6.07) is 5.63. The molecule has 0 bridgehead atoms. The van der Waals surface area contributed by atoms with Gasteiger partial charge in [-0.1, -0.05) is 6.07 Å². The lowest BCUT2D eigenvalue weighted by Gasteiger charge is -2.41. The average Bonchev–Trinajstić information content (AvgIpc) is 2.62. The van der Waals surface area contributed by atoms with Crippen LogP contribution in [0.2, 0.25) is 0 Å². The number of likely N-dealkylation sites (N-methyl/N-ethyl adjacent to an activating group) is 1. The van der Waals surface area contributed by atoms with Gasteiger partial charge in [0.25, 0.3) is 0 Å². The Labute approximate surface area is 151 Å². The first-order chi connectivity index (χ1) is 11.9. The summed E-state index contributed by atoms with van der Waals surface area (Å²) < 4.78 is 32.8. The van der Waals surface area contributed by atoms with Gasteiger partial charge in [-0.15, -0.1) is 0 Å². The summed E-state index contributed by atoms with van der Waals surface area (Å²) in [7, 11) is 0.277. The highest BCUT2D eigenvalue weighted by atomic mass is 32.2. The second kappa shape index (κ2) is 7.61. The molecule has 0 spiro atoms. The lowest BCUT2D eigenvalue weighted by atomic mass is 10.0. The second-order valence-corrected chi connectivity index (χ2v) is 9.04. The van der Waals surface area contributed by atoms with Crippen molar-refractivity contribution in [1.29, 1.82) is 0 Å². The molecule has 3 rings (SSSR count). The molecule has 0 aromatic heterocycles. The van der Waals surface area contributed by atoms with E-state index in [1.54, 1.807) is 23.5 Å². The summed E-state index contributed by atoms with van der Waals surface area (Å²) in [5, 5.41) is 0. The molecule has 2 aliphatic rings. The first-order valence-electron chi connectivity index (χ1n) is 8.99. The Kier molecular flexibility index (Phi) is 5.68. The van der Waals surface area contributed by atoms with E-state index in [-0.39, 0.29) is 0 Å². The van der Waals surface area contributed by atoms with Gasteiger partial charge in [0.2, 0.25) is 10.0 Å². The minimum absolute atomic E-state index is 0.327. The summed E-state index contributed by atoms with van der Waals surface area (Å²) in [4.78, 5) is 5.20. The first kappa shape index (κ1) is 18.6. The van der Waals surface area contributed by atoms with E-state index >= 15 is 0 Å². The van der Waals surface area contributed by atoms with E-state index in [1.165, 1.54) is 0 Å². The number of methoxy groups -OCH3 is 1. The van der Waals surface area contributed by atoms with Crippen LogP contribution in [0.15, 0.2) is 23.1 Å². The largest absolute Gasteiger partial charge is 0.496 e. The molecule has 2 aliphatic heterocycles. The molecule has 7 heteroatoms. The maximum absolute atomic E-state index is 12.9. The molecule has 2 fully saturated rings. The molecule has 25 heavy (non-hydrogen) atoms. The topological polar surface area (TPSA) is 53.1 Å². The number of hydrogen-bond donors (Lipinski definition) is 0. The third-order valence-corrected chi connectivity index (χ3v) is 7.39. The summed E-state index contributed by atoms with van der Waals surface area (Å²) in [6.07, 6.45) is 1.82. The fourth-order valence-corrected chi connectivity index (χ4v) is 5.23. The van der Waals surface area contributed by atoms with Gasteiger partial charge in [-0.3, -0.25) is 4.90 Å². The molecule has 0 saturated carbocycles. The van der Waals surface area contributed by atoms with Crippen LogP contribution < -0.4 is 4.74 Å². The predicted molar refractivity (Wildman–Crippen MR) is 98.6 cm³/mol. The number of ether oxygens (including phenoxy) is 1. The van der Waals surface area contributed by atoms with Crippen molar-refractivity contribution >= 4 is 10.0 Å². The molecule has 0 radical (unpaired) electrons. The Balaban J connectivity index is 1.65. The Morgan fingerprint density at radius 2 is 1.68 bits per heavy atom. The van der Waals surface area contributed by atoms with Gasteiger partial charge in [-0.25, -0.2) is 8.42 Å². The molecule has 2 heterocycles. The van der Waals surface area contributed by atoms with E-state index in [0.29, 0.717) is 29.8 Å². The number of aryl methyl sites for hydroxylation is 1. The van der Waals surface area contributed by atoms with E-state index < -0.39 is 10.0 Å². The maximum Gasteiger partial charge on any atom is 0.243 e. The van der Waals surface area contributed by atoms with Crippen LogP contribution in [-0.4, -0.2) is 82.0 Å². The van der Waals surface area contributed by atoms with Crippen molar-refractivity contribution in [2.24, 2.45) is 0 Å². The zero-order chi connectivity index (χ0) is 18.0. The highest BCUT2D eigenvalue weighted by Crippen LogP contribution is 2.27. The van der Waals surface area contributed by atoms with Gasteiger partial charge in [-0.2, -0.15) is 4.31 Å². The van der Waals surface area contributed by atoms with Crippen molar-refractivity contribution in [2.75, 3.05) is 53.4 Å². The van der Waals surface area contributed by atoms with Crippen molar-refractivity contribution in [3.63, 3.8) is 0 Å². The van der Waals surface area contributed by atoms with Crippen molar-refractivity contribution in [3.8, 4) is 5.75 Å². The van der Waals surface area contributed by atoms with E-state index in [2.05, 4.69) is 16.8 Å². The van der Waals surface area contributed by atoms with Crippen LogP contribution in [0.5, 0.6) is 5.75 Å². The van der Waals surface area contributed by atoms with Crippen LogP contribution in [0.25, 0.3) is 0 Å². The molecule has 2 saturated heterocycles. The molecule has 0 amide bonds. The number of hydrogen-bond acceptors (Lipinski definition) is 5. The SMILES string of the molecule is COc1cc(S(=O)(=O)N2CCC(N3CCN(C)CC3)CC2)ccc1C. The zero-order valence-electron chi connectivity index (χ0n) is 15.4. The van der Waals surface area contributed by atoms with Crippen molar-refractivity contribution in [2.45, 2.75) is 30.7 Å². The van der Waals surface area contributed by atoms with Gasteiger partial charge in [0.1, 0.15) is 5.75 Å². The van der Waals surface area contributed by atoms with Crippen molar-refractivity contribution in [1.82, 2.24) is 14.1 Å². The molecular formula is C18H29N3O3S. The van der Waals surface area contributed by atoms with E-state index in [1.807, 2.05) is 13.0 Å². The number of benzene rings is 1. The predicted octanol–water partition coefficient (Wildman–Crippen LogP) is 1.40. The lowest BCUT2D eigenvalue weighted by molar-refractivity contribution is 0.0836. The van der Waals surface area contributed by atoms with Gasteiger partial charge < -0.3 is 9.64 Å². The molecule has 1 aromatic rings. The van der Waals surface area contributed by atoms with Crippen LogP contribution in [0.4, 0.5) is 0 Å². The normalized spacial score (nSPS) is 22.2. The standard InChI is InChI=1S/C18H29N3O3S/c1-15-4-5-17(14-18(15)24-3)25(22,23)21-8-6-16(7-9-21)20-12-10-19(2)11-13-20/h4-5,14,16H,6-13H2,1-3H3. The van der Waals surface area contributed by atoms with Crippen molar-refractivity contribution in [3.05, 3.63) is 23.8 Å². The number of piperidine rings is 1. The quantitative estimate of drug-likeness (QED) is 0.805. The van der Waals surface area contributed by atoms with E-state index in [9.17, 15) is 8.42 Å². The molecule has 140 valence electrons. The van der Waals surface area contributed by atoms with Crippen LogP contribution in [-0.2, 0) is 10.0 Å². The summed E-state index contributed by atoms with van der Waals surface area (Å²) in [5.41, 5.74) is 0.940. The minimum Gasteiger partial charge on any atom is -0.496 e. The molecule has 0 N–H and O–H groups in total. The number of sulfonamides is 1. The van der Waals surface area contributed by atoms with Crippen LogP contribution in [0.1, 0.15) is 18.4 Å². The molecule has 0 aliphatic carbocycles. The Morgan fingerprint density at radius 1 is 1.04 bits per heavy atom. The fourth-order valence-electron chi connectivity index (χ4n) is 3.74.